The van der Waals surface area contributed by atoms with Crippen molar-refractivity contribution < 1.29 is 51.1 Å². The number of hydrogen-bond acceptors (Lipinski definition) is 6. The average molecular weight is 551 g/mol. The van der Waals surface area contributed by atoms with E-state index in [0.29, 0.717) is 19.6 Å². The van der Waals surface area contributed by atoms with Crippen molar-refractivity contribution in [3.05, 3.63) is 41.6 Å². The summed E-state index contributed by atoms with van der Waals surface area (Å²) in [4.78, 5) is 20.8. The maximum absolute atomic E-state index is 9.60. The summed E-state index contributed by atoms with van der Waals surface area (Å²) < 4.78 is 0. The molecule has 150 valence electrons. The van der Waals surface area contributed by atoms with Gasteiger partial charge in [0.1, 0.15) is 6.42 Å². The molecule has 0 saturated heterocycles. The quantitative estimate of drug-likeness (QED) is 0.249. The molecule has 1 aromatic rings. The molecular formula is C16H26N3O6Pt+. The molecule has 0 aliphatic carbocycles. The Hall–Kier alpha value is -1.35. The number of aliphatic hydroxyl groups excluding tert-OH is 2. The molecule has 9 nitrogen and oxygen atoms in total. The molecule has 1 rings (SSSR count). The zero-order valence-corrected chi connectivity index (χ0v) is 16.5. The first-order chi connectivity index (χ1) is 11.8. The van der Waals surface area contributed by atoms with Gasteiger partial charge in [-0.3, -0.25) is 14.5 Å². The smallest absolute Gasteiger partial charge is 0.675 e. The van der Waals surface area contributed by atoms with E-state index < -0.39 is 30.6 Å². The maximum Gasteiger partial charge on any atom is 2.00 e. The SMILES string of the molecule is O=C(O)CC(=O)O.[NH-]CC(O)CN(Cc1ccccc1)CC(O)CN.[Pt+2]. The second kappa shape index (κ2) is 15.9. The van der Waals surface area contributed by atoms with E-state index in [1.54, 1.807) is 0 Å². The second-order valence-corrected chi connectivity index (χ2v) is 5.39. The predicted molar refractivity (Wildman–Crippen MR) is 91.9 cm³/mol. The van der Waals surface area contributed by atoms with Gasteiger partial charge in [-0.05, 0) is 5.56 Å². The largest absolute Gasteiger partial charge is 2.00 e. The van der Waals surface area contributed by atoms with Crippen LogP contribution in [0.5, 0.6) is 0 Å². The molecule has 2 unspecified atom stereocenters. The first-order valence-electron chi connectivity index (χ1n) is 7.69. The zero-order chi connectivity index (χ0) is 19.2. The number of carboxylic acids is 2. The van der Waals surface area contributed by atoms with Crippen molar-refractivity contribution in [1.29, 1.82) is 0 Å². The van der Waals surface area contributed by atoms with Crippen LogP contribution in [0.3, 0.4) is 0 Å². The van der Waals surface area contributed by atoms with Crippen LogP contribution in [0.1, 0.15) is 12.0 Å². The summed E-state index contributed by atoms with van der Waals surface area (Å²) in [6, 6.07) is 9.84. The number of rotatable bonds is 10. The van der Waals surface area contributed by atoms with Crippen molar-refractivity contribution in [3.63, 3.8) is 0 Å². The number of nitrogens with one attached hydrogen (secondary N) is 1. The molecule has 0 aliphatic rings. The van der Waals surface area contributed by atoms with Crippen LogP contribution in [0.25, 0.3) is 5.73 Å². The Bertz CT molecular complexity index is 482. The Kier molecular flexibility index (Phi) is 16.4. The summed E-state index contributed by atoms with van der Waals surface area (Å²) in [7, 11) is 0. The summed E-state index contributed by atoms with van der Waals surface area (Å²) in [5.41, 5.74) is 13.7. The van der Waals surface area contributed by atoms with Crippen LogP contribution in [0.15, 0.2) is 30.3 Å². The van der Waals surface area contributed by atoms with E-state index in [2.05, 4.69) is 0 Å². The van der Waals surface area contributed by atoms with Crippen LogP contribution in [0, 0.1) is 0 Å². The normalized spacial score (nSPS) is 12.3. The number of hydrogen-bond donors (Lipinski definition) is 5. The topological polar surface area (TPSA) is 168 Å². The Morgan fingerprint density at radius 1 is 1.04 bits per heavy atom. The Morgan fingerprint density at radius 3 is 1.92 bits per heavy atom. The standard InChI is InChI=1S/C13H22N3O2.C3H4O4.Pt/c14-6-12(17)9-16(10-13(18)7-15)8-11-4-2-1-3-5-11;4-2(5)1-3(6)7;/h1-5,12-14,17-18H,6-10,15H2;1H2,(H,4,5)(H,6,7);/q-1;;+2. The summed E-state index contributed by atoms with van der Waals surface area (Å²) in [6.45, 7) is 1.57. The fourth-order valence-corrected chi connectivity index (χ4v) is 1.91. The molecule has 0 spiro atoms. The van der Waals surface area contributed by atoms with Crippen molar-refractivity contribution in [2.45, 2.75) is 25.2 Å². The minimum atomic E-state index is -1.31. The van der Waals surface area contributed by atoms with Gasteiger partial charge in [0, 0.05) is 32.3 Å². The number of aliphatic hydroxyl groups is 2. The number of carbonyl (C=O) groups is 2. The number of nitrogens with two attached hydrogens (primary N) is 1. The molecule has 0 aromatic heterocycles. The van der Waals surface area contributed by atoms with Gasteiger partial charge in [0.25, 0.3) is 0 Å². The van der Waals surface area contributed by atoms with Crippen molar-refractivity contribution in [3.8, 4) is 0 Å². The zero-order valence-electron chi connectivity index (χ0n) is 14.2. The van der Waals surface area contributed by atoms with Gasteiger partial charge in [-0.25, -0.2) is 0 Å². The Morgan fingerprint density at radius 2 is 1.54 bits per heavy atom. The Labute approximate surface area is 166 Å². The molecular weight excluding hydrogens is 525 g/mol. The van der Waals surface area contributed by atoms with Gasteiger partial charge in [0.05, 0.1) is 6.10 Å². The number of nitrogens with zero attached hydrogens (tertiary/aromatic N) is 1. The van der Waals surface area contributed by atoms with Crippen molar-refractivity contribution in [2.24, 2.45) is 5.73 Å². The van der Waals surface area contributed by atoms with Gasteiger partial charge in [-0.1, -0.05) is 30.3 Å². The molecule has 0 amide bonds. The van der Waals surface area contributed by atoms with Crippen molar-refractivity contribution in [1.82, 2.24) is 4.90 Å². The maximum atomic E-state index is 9.60. The monoisotopic (exact) mass is 551 g/mol. The molecule has 0 fully saturated rings. The van der Waals surface area contributed by atoms with E-state index in [1.807, 2.05) is 35.2 Å². The Balaban J connectivity index is 0. The number of carboxylic acid groups (broad SMARTS) is 2. The van der Waals surface area contributed by atoms with Crippen LogP contribution in [-0.2, 0) is 37.2 Å². The fraction of sp³-hybridized carbons (Fsp3) is 0.500. The van der Waals surface area contributed by atoms with E-state index in [-0.39, 0.29) is 34.2 Å². The van der Waals surface area contributed by atoms with E-state index >= 15 is 0 Å². The van der Waals surface area contributed by atoms with Crippen LogP contribution >= 0.6 is 0 Å². The van der Waals surface area contributed by atoms with Crippen molar-refractivity contribution >= 4 is 11.9 Å². The summed E-state index contributed by atoms with van der Waals surface area (Å²) in [5.74, 6) is -2.62. The van der Waals surface area contributed by atoms with E-state index in [0.717, 1.165) is 5.56 Å². The first kappa shape index (κ1) is 26.9. The number of benzene rings is 1. The van der Waals surface area contributed by atoms with Gasteiger partial charge < -0.3 is 31.9 Å². The molecule has 7 N–H and O–H groups in total. The second-order valence-electron chi connectivity index (χ2n) is 5.39. The summed E-state index contributed by atoms with van der Waals surface area (Å²) in [5, 5.41) is 34.6. The third kappa shape index (κ3) is 14.9. The summed E-state index contributed by atoms with van der Waals surface area (Å²) in [6.07, 6.45) is -2.11. The molecule has 0 heterocycles. The van der Waals surface area contributed by atoms with Gasteiger partial charge in [-0.2, -0.15) is 0 Å². The van der Waals surface area contributed by atoms with Gasteiger partial charge in [0.2, 0.25) is 0 Å². The van der Waals surface area contributed by atoms with E-state index in [4.69, 9.17) is 21.7 Å². The molecule has 0 bridgehead atoms. The van der Waals surface area contributed by atoms with Crippen LogP contribution in [0.4, 0.5) is 0 Å². The molecule has 0 aliphatic heterocycles. The van der Waals surface area contributed by atoms with Gasteiger partial charge in [-0.15, -0.1) is 6.54 Å². The summed E-state index contributed by atoms with van der Waals surface area (Å²) >= 11 is 0. The molecule has 2 atom stereocenters. The third-order valence-corrected chi connectivity index (χ3v) is 3.00. The van der Waals surface area contributed by atoms with Crippen LogP contribution in [-0.4, -0.2) is 75.7 Å². The molecule has 26 heavy (non-hydrogen) atoms. The van der Waals surface area contributed by atoms with E-state index in [1.165, 1.54) is 0 Å². The number of aliphatic carboxylic acids is 2. The minimum absolute atomic E-state index is 0. The van der Waals surface area contributed by atoms with Crippen LogP contribution in [0.2, 0.25) is 0 Å². The third-order valence-electron chi connectivity index (χ3n) is 3.00. The molecule has 1 aromatic carbocycles. The van der Waals surface area contributed by atoms with Gasteiger partial charge in [0.15, 0.2) is 0 Å². The van der Waals surface area contributed by atoms with Gasteiger partial charge >= 0.3 is 33.0 Å². The average Bonchev–Trinajstić information content (AvgIpc) is 2.54. The van der Waals surface area contributed by atoms with E-state index in [9.17, 15) is 19.8 Å². The van der Waals surface area contributed by atoms with Crippen LogP contribution < -0.4 is 5.73 Å². The molecule has 0 radical (unpaired) electrons. The van der Waals surface area contributed by atoms with Crippen molar-refractivity contribution in [2.75, 3.05) is 26.2 Å². The fourth-order valence-electron chi connectivity index (χ4n) is 1.91. The molecule has 10 heteroatoms. The molecule has 0 saturated carbocycles. The minimum Gasteiger partial charge on any atom is -0.675 e. The predicted octanol–water partition coefficient (Wildman–Crippen LogP) is -0.236. The first-order valence-corrected chi connectivity index (χ1v) is 7.69.